The Hall–Kier alpha value is -2.73. The zero-order valence-electron chi connectivity index (χ0n) is 35.8. The number of ketones is 1. The van der Waals surface area contributed by atoms with E-state index in [-0.39, 0.29) is 18.3 Å². The molecule has 57 heavy (non-hydrogen) atoms. The predicted molar refractivity (Wildman–Crippen MR) is 224 cm³/mol. The van der Waals surface area contributed by atoms with Crippen molar-refractivity contribution in [1.82, 2.24) is 31.1 Å². The maximum atomic E-state index is 14.7. The van der Waals surface area contributed by atoms with Crippen molar-refractivity contribution >= 4 is 33.5 Å². The number of sulfone groups is 1. The van der Waals surface area contributed by atoms with E-state index in [1.165, 1.54) is 4.90 Å². The van der Waals surface area contributed by atoms with Gasteiger partial charge in [-0.2, -0.15) is 0 Å². The molecule has 2 aliphatic carbocycles. The van der Waals surface area contributed by atoms with Crippen LogP contribution in [0.15, 0.2) is 0 Å². The van der Waals surface area contributed by atoms with Crippen LogP contribution in [-0.4, -0.2) is 120 Å². The molecular weight excluding hydrogens is 745 g/mol. The molecular formula is C43H74N6O7S. The minimum absolute atomic E-state index is 0.0815. The number of Topliss-reactive ketones (excluding diaryl/α,β-unsaturated/α-hetero) is 1. The predicted octanol–water partition coefficient (Wildman–Crippen LogP) is 4.42. The monoisotopic (exact) mass is 819 g/mol. The van der Waals surface area contributed by atoms with Gasteiger partial charge in [0.15, 0.2) is 21.8 Å². The van der Waals surface area contributed by atoms with Gasteiger partial charge in [-0.15, -0.1) is 12.3 Å². The molecule has 0 aromatic heterocycles. The molecule has 2 aliphatic heterocycles. The maximum Gasteiger partial charge on any atom is 0.315 e. The normalized spacial score (nSPS) is 26.5. The van der Waals surface area contributed by atoms with Crippen LogP contribution in [0.2, 0.25) is 0 Å². The Morgan fingerprint density at radius 2 is 1.51 bits per heavy atom. The summed E-state index contributed by atoms with van der Waals surface area (Å²) in [6, 6.07) is -3.43. The van der Waals surface area contributed by atoms with Crippen LogP contribution in [0.3, 0.4) is 0 Å². The lowest BCUT2D eigenvalue weighted by molar-refractivity contribution is -0.143. The first-order valence-corrected chi connectivity index (χ1v) is 23.6. The van der Waals surface area contributed by atoms with Gasteiger partial charge < -0.3 is 30.9 Å². The SMILES string of the molecule is C#CC(C)(C)[C@H]1CCN2C(=O)[C@@H](NC(=O)NC3(CS(=O)(=O)C(C)(C)CN(CC)CC)CCCCC3)CCCCCCCCC[C@@H](C(=O)C(O)NC3CC3)NC(=O)[C@H]12. The van der Waals surface area contributed by atoms with Crippen molar-refractivity contribution in [3.8, 4) is 12.3 Å². The van der Waals surface area contributed by atoms with Gasteiger partial charge in [-0.3, -0.25) is 19.7 Å². The van der Waals surface area contributed by atoms with Crippen LogP contribution >= 0.6 is 0 Å². The largest absolute Gasteiger partial charge is 0.371 e. The van der Waals surface area contributed by atoms with Crippen LogP contribution in [0.25, 0.3) is 0 Å². The van der Waals surface area contributed by atoms with Crippen LogP contribution in [-0.2, 0) is 24.2 Å². The number of urea groups is 1. The van der Waals surface area contributed by atoms with Gasteiger partial charge in [-0.1, -0.05) is 78.1 Å². The number of fused-ring (bicyclic) bond motifs is 1. The molecule has 324 valence electrons. The highest BCUT2D eigenvalue weighted by atomic mass is 32.2. The van der Waals surface area contributed by atoms with Crippen molar-refractivity contribution in [3.63, 3.8) is 0 Å². The quantitative estimate of drug-likeness (QED) is 0.126. The van der Waals surface area contributed by atoms with Gasteiger partial charge in [-0.25, -0.2) is 13.2 Å². The average molecular weight is 819 g/mol. The van der Waals surface area contributed by atoms with E-state index in [1.807, 2.05) is 27.7 Å². The molecule has 5 N–H and O–H groups in total. The fraction of sp³-hybridized carbons (Fsp3) is 0.860. The fourth-order valence-electron chi connectivity index (χ4n) is 9.17. The third-order valence-electron chi connectivity index (χ3n) is 13.2. The second kappa shape index (κ2) is 20.5. The standard InChI is InChI=1S/C43H74N6O7S/c1-8-41(4,5)32-25-28-49-35(32)37(51)45-33(36(50)38(52)44-31-23-24-31)21-17-14-12-11-13-15-18-22-34(39(49)53)46-40(54)47-43(26-19-16-20-27-43)30-57(55,56)42(6,7)29-48(9-2)10-3/h1,31-35,38,44,52H,9-30H2,2-7H3,(H,45,51)(H2,46,47,54)/t32-,33-,34-,35-,38?/m0/s1. The summed E-state index contributed by atoms with van der Waals surface area (Å²) < 4.78 is 27.2. The van der Waals surface area contributed by atoms with Gasteiger partial charge >= 0.3 is 6.03 Å². The van der Waals surface area contributed by atoms with Crippen LogP contribution in [0.5, 0.6) is 0 Å². The first kappa shape index (κ1) is 47.0. The number of rotatable bonds is 14. The number of carbonyl (C=O) groups excluding carboxylic acids is 4. The number of aliphatic hydroxyl groups is 1. The van der Waals surface area contributed by atoms with E-state index in [2.05, 4.69) is 32.1 Å². The van der Waals surface area contributed by atoms with Crippen molar-refractivity contribution < 1.29 is 32.7 Å². The van der Waals surface area contributed by atoms with E-state index in [0.29, 0.717) is 51.5 Å². The van der Waals surface area contributed by atoms with E-state index >= 15 is 0 Å². The molecule has 2 heterocycles. The van der Waals surface area contributed by atoms with E-state index in [9.17, 15) is 32.7 Å². The Morgan fingerprint density at radius 3 is 2.09 bits per heavy atom. The van der Waals surface area contributed by atoms with Gasteiger partial charge in [0.1, 0.15) is 12.1 Å². The lowest BCUT2D eigenvalue weighted by atomic mass is 9.75. The number of aliphatic hydroxyl groups excluding tert-OH is 1. The Balaban J connectivity index is 1.61. The third kappa shape index (κ3) is 12.6. The zero-order chi connectivity index (χ0) is 42.0. The molecule has 0 bridgehead atoms. The van der Waals surface area contributed by atoms with Crippen LogP contribution in [0.1, 0.15) is 151 Å². The molecule has 13 nitrogen and oxygen atoms in total. The molecule has 5 atom stereocenters. The number of hydrogen-bond donors (Lipinski definition) is 5. The summed E-state index contributed by atoms with van der Waals surface area (Å²) in [5.74, 6) is 0.803. The fourth-order valence-corrected chi connectivity index (χ4v) is 11.0. The molecule has 0 aromatic rings. The van der Waals surface area contributed by atoms with E-state index in [0.717, 1.165) is 77.3 Å². The smallest absolute Gasteiger partial charge is 0.315 e. The molecule has 0 spiro atoms. The van der Waals surface area contributed by atoms with Crippen molar-refractivity contribution in [2.75, 3.05) is 31.9 Å². The Morgan fingerprint density at radius 1 is 0.930 bits per heavy atom. The van der Waals surface area contributed by atoms with E-state index in [4.69, 9.17) is 6.42 Å². The van der Waals surface area contributed by atoms with E-state index < -0.39 is 79.4 Å². The summed E-state index contributed by atoms with van der Waals surface area (Å²) in [4.78, 5) is 60.5. The molecule has 4 amide bonds. The highest BCUT2D eigenvalue weighted by Crippen LogP contribution is 2.40. The summed E-state index contributed by atoms with van der Waals surface area (Å²) in [6.45, 7) is 13.4. The average Bonchev–Trinajstić information content (AvgIpc) is 3.86. The minimum Gasteiger partial charge on any atom is -0.371 e. The van der Waals surface area contributed by atoms with Crippen molar-refractivity contribution in [2.24, 2.45) is 11.3 Å². The first-order chi connectivity index (χ1) is 26.9. The Kier molecular flexibility index (Phi) is 16.9. The van der Waals surface area contributed by atoms with Gasteiger partial charge in [0.2, 0.25) is 11.8 Å². The van der Waals surface area contributed by atoms with Gasteiger partial charge in [-0.05, 0) is 85.7 Å². The molecule has 14 heteroatoms. The van der Waals surface area contributed by atoms with Crippen LogP contribution < -0.4 is 21.3 Å². The molecule has 0 radical (unpaired) electrons. The van der Waals surface area contributed by atoms with Crippen molar-refractivity contribution in [1.29, 1.82) is 0 Å². The van der Waals surface area contributed by atoms with Crippen molar-refractivity contribution in [2.45, 2.75) is 191 Å². The van der Waals surface area contributed by atoms with Gasteiger partial charge in [0, 0.05) is 30.5 Å². The highest BCUT2D eigenvalue weighted by Gasteiger charge is 2.50. The van der Waals surface area contributed by atoms with Crippen LogP contribution in [0.4, 0.5) is 4.79 Å². The summed E-state index contributed by atoms with van der Waals surface area (Å²) in [5.41, 5.74) is -1.76. The third-order valence-corrected chi connectivity index (χ3v) is 16.0. The second-order valence-corrected chi connectivity index (χ2v) is 21.2. The molecule has 4 fully saturated rings. The molecule has 4 rings (SSSR count). The number of terminal acetylenes is 1. The highest BCUT2D eigenvalue weighted by molar-refractivity contribution is 7.92. The molecule has 2 saturated heterocycles. The molecule has 4 aliphatic rings. The summed E-state index contributed by atoms with van der Waals surface area (Å²) in [7, 11) is -3.68. The Labute approximate surface area is 343 Å². The lowest BCUT2D eigenvalue weighted by Crippen LogP contribution is -2.62. The number of nitrogens with one attached hydrogen (secondary N) is 4. The van der Waals surface area contributed by atoms with Gasteiger partial charge in [0.05, 0.1) is 22.1 Å². The maximum absolute atomic E-state index is 14.7. The number of amides is 4. The second-order valence-electron chi connectivity index (χ2n) is 18.6. The summed E-state index contributed by atoms with van der Waals surface area (Å²) >= 11 is 0. The number of hydrogen-bond acceptors (Lipinski definition) is 9. The van der Waals surface area contributed by atoms with Crippen molar-refractivity contribution in [3.05, 3.63) is 0 Å². The zero-order valence-corrected chi connectivity index (χ0v) is 36.6. The molecule has 1 unspecified atom stereocenters. The number of carbonyl (C=O) groups is 4. The summed E-state index contributed by atoms with van der Waals surface area (Å²) in [5, 5.41) is 22.7. The van der Waals surface area contributed by atoms with Crippen LogP contribution in [0, 0.1) is 23.7 Å². The first-order valence-electron chi connectivity index (χ1n) is 22.0. The van der Waals surface area contributed by atoms with E-state index in [1.54, 1.807) is 13.8 Å². The number of nitrogens with zero attached hydrogens (tertiary/aromatic N) is 2. The molecule has 0 aromatic carbocycles. The topological polar surface area (TPSA) is 177 Å². The Bertz CT molecular complexity index is 1530. The summed E-state index contributed by atoms with van der Waals surface area (Å²) in [6.07, 6.45) is 17.1. The lowest BCUT2D eigenvalue weighted by Gasteiger charge is -2.41. The molecule has 2 saturated carbocycles. The minimum atomic E-state index is -3.68. The van der Waals surface area contributed by atoms with Gasteiger partial charge in [0.25, 0.3) is 0 Å².